The summed E-state index contributed by atoms with van der Waals surface area (Å²) in [6.45, 7) is 0. The highest BCUT2D eigenvalue weighted by molar-refractivity contribution is 14.1. The van der Waals surface area contributed by atoms with Crippen LogP contribution in [0.25, 0.3) is 0 Å². The molecule has 2 heteroatoms. The Bertz CT molecular complexity index is 42.8. The van der Waals surface area contributed by atoms with E-state index >= 15 is 0 Å². The average molecular weight is 200 g/mol. The van der Waals surface area contributed by atoms with Crippen LogP contribution in [0.5, 0.6) is 0 Å². The van der Waals surface area contributed by atoms with E-state index in [1.165, 1.54) is 6.08 Å². The van der Waals surface area contributed by atoms with E-state index in [4.69, 9.17) is 0 Å². The van der Waals surface area contributed by atoms with Crippen molar-refractivity contribution in [3.8, 4) is 0 Å². The third kappa shape index (κ3) is 4.40. The number of halogens is 2. The van der Waals surface area contributed by atoms with Gasteiger partial charge in [0.25, 0.3) is 0 Å². The maximum absolute atomic E-state index is 11.0. The second kappa shape index (κ2) is 5.40. The minimum atomic E-state index is 0.582. The van der Waals surface area contributed by atoms with Crippen LogP contribution in [0.4, 0.5) is 4.39 Å². The van der Waals surface area contributed by atoms with Crippen LogP contribution in [-0.4, -0.2) is 4.43 Å². The number of alkyl halides is 1. The van der Waals surface area contributed by atoms with Gasteiger partial charge in [0.05, 0.1) is 6.33 Å². The van der Waals surface area contributed by atoms with Gasteiger partial charge in [-0.3, -0.25) is 0 Å². The van der Waals surface area contributed by atoms with E-state index in [1.54, 1.807) is 0 Å². The molecule has 0 aliphatic heterocycles. The normalized spacial score (nSPS) is 10.3. The molecule has 0 saturated carbocycles. The van der Waals surface area contributed by atoms with Crippen molar-refractivity contribution >= 4 is 22.6 Å². The summed E-state index contributed by atoms with van der Waals surface area (Å²) in [6.07, 6.45) is 2.93. The van der Waals surface area contributed by atoms with Crippen molar-refractivity contribution in [2.75, 3.05) is 4.43 Å². The first-order valence-corrected chi connectivity index (χ1v) is 3.25. The van der Waals surface area contributed by atoms with Crippen LogP contribution >= 0.6 is 22.6 Å². The molecule has 0 aromatic rings. The summed E-state index contributed by atoms with van der Waals surface area (Å²) in [4.78, 5) is 0. The van der Waals surface area contributed by atoms with Crippen LogP contribution in [0.2, 0.25) is 0 Å². The Hall–Kier alpha value is 0.400. The second-order valence-electron chi connectivity index (χ2n) is 0.839. The third-order valence-corrected chi connectivity index (χ3v) is 0.988. The first-order valence-electron chi connectivity index (χ1n) is 1.73. The quantitative estimate of drug-likeness (QED) is 0.473. The van der Waals surface area contributed by atoms with Crippen molar-refractivity contribution in [3.05, 3.63) is 12.4 Å². The predicted octanol–water partition coefficient (Wildman–Crippen LogP) is 2.29. The van der Waals surface area contributed by atoms with Gasteiger partial charge in [0, 0.05) is 4.43 Å². The van der Waals surface area contributed by atoms with Crippen LogP contribution in [0.15, 0.2) is 12.4 Å². The molecule has 0 aliphatic carbocycles. The lowest BCUT2D eigenvalue weighted by Crippen LogP contribution is -1.60. The van der Waals surface area contributed by atoms with Crippen LogP contribution < -0.4 is 0 Å². The van der Waals surface area contributed by atoms with Gasteiger partial charge in [-0.2, -0.15) is 0 Å². The van der Waals surface area contributed by atoms with Crippen LogP contribution in [0.3, 0.4) is 0 Å². The zero-order valence-corrected chi connectivity index (χ0v) is 5.48. The van der Waals surface area contributed by atoms with E-state index in [0.717, 1.165) is 10.8 Å². The average Bonchev–Trinajstić information content (AvgIpc) is 1.61. The first-order chi connectivity index (χ1) is 2.91. The topological polar surface area (TPSA) is 0 Å². The van der Waals surface area contributed by atoms with Crippen molar-refractivity contribution in [2.24, 2.45) is 0 Å². The van der Waals surface area contributed by atoms with Crippen molar-refractivity contribution in [1.82, 2.24) is 0 Å². The molecule has 0 bridgehead atoms. The van der Waals surface area contributed by atoms with Crippen molar-refractivity contribution < 1.29 is 4.39 Å². The first kappa shape index (κ1) is 6.40. The molecule has 0 aromatic heterocycles. The SMILES string of the molecule is F/C=C/CCI. The molecular weight excluding hydrogens is 194 g/mol. The molecule has 0 fully saturated rings. The Labute approximate surface area is 50.6 Å². The fourth-order valence-electron chi connectivity index (χ4n) is 0.126. The molecule has 0 heterocycles. The van der Waals surface area contributed by atoms with Gasteiger partial charge < -0.3 is 0 Å². The maximum atomic E-state index is 11.0. The van der Waals surface area contributed by atoms with Crippen molar-refractivity contribution in [2.45, 2.75) is 6.42 Å². The summed E-state index contributed by atoms with van der Waals surface area (Å²) < 4.78 is 12.0. The Morgan fingerprint density at radius 3 is 2.50 bits per heavy atom. The molecule has 0 aromatic carbocycles. The van der Waals surface area contributed by atoms with E-state index in [1.807, 2.05) is 0 Å². The monoisotopic (exact) mass is 200 g/mol. The van der Waals surface area contributed by atoms with Crippen LogP contribution in [0.1, 0.15) is 6.42 Å². The van der Waals surface area contributed by atoms with Crippen LogP contribution in [-0.2, 0) is 0 Å². The lowest BCUT2D eigenvalue weighted by Gasteiger charge is -1.73. The largest absolute Gasteiger partial charge is 0.216 e. The zero-order valence-electron chi connectivity index (χ0n) is 3.32. The maximum Gasteiger partial charge on any atom is 0.0827 e. The summed E-state index contributed by atoms with van der Waals surface area (Å²) in [5.41, 5.74) is 0. The van der Waals surface area contributed by atoms with Gasteiger partial charge in [-0.1, -0.05) is 28.7 Å². The predicted molar refractivity (Wildman–Crippen MR) is 33.8 cm³/mol. The lowest BCUT2D eigenvalue weighted by atomic mass is 10.5. The molecule has 36 valence electrons. The van der Waals surface area contributed by atoms with Gasteiger partial charge in [0.1, 0.15) is 0 Å². The Morgan fingerprint density at radius 1 is 1.67 bits per heavy atom. The molecule has 0 amide bonds. The second-order valence-corrected chi connectivity index (χ2v) is 1.92. The van der Waals surface area contributed by atoms with E-state index in [0.29, 0.717) is 6.33 Å². The van der Waals surface area contributed by atoms with Gasteiger partial charge in [-0.05, 0) is 6.42 Å². The van der Waals surface area contributed by atoms with E-state index < -0.39 is 0 Å². The van der Waals surface area contributed by atoms with Gasteiger partial charge in [-0.25, -0.2) is 4.39 Å². The summed E-state index contributed by atoms with van der Waals surface area (Å²) in [7, 11) is 0. The zero-order chi connectivity index (χ0) is 4.83. The molecule has 0 saturated heterocycles. The van der Waals surface area contributed by atoms with Gasteiger partial charge >= 0.3 is 0 Å². The molecular formula is C4H6FI. The number of hydrogen-bond donors (Lipinski definition) is 0. The summed E-state index contributed by atoms with van der Waals surface area (Å²) in [5.74, 6) is 0. The third-order valence-electron chi connectivity index (χ3n) is 0.365. The molecule has 0 unspecified atom stereocenters. The molecule has 0 atom stereocenters. The molecule has 0 rings (SSSR count). The van der Waals surface area contributed by atoms with Crippen molar-refractivity contribution in [3.63, 3.8) is 0 Å². The Balaban J connectivity index is 2.66. The number of allylic oxidation sites excluding steroid dienone is 1. The molecule has 0 radical (unpaired) electrons. The summed E-state index contributed by atoms with van der Waals surface area (Å²) in [6, 6.07) is 0. The molecule has 0 aliphatic rings. The van der Waals surface area contributed by atoms with E-state index in [9.17, 15) is 4.39 Å². The highest BCUT2D eigenvalue weighted by Gasteiger charge is 1.68. The van der Waals surface area contributed by atoms with E-state index in [-0.39, 0.29) is 0 Å². The molecule has 0 spiro atoms. The fourth-order valence-corrected chi connectivity index (χ4v) is 0.486. The minimum absolute atomic E-state index is 0.582. The standard InChI is InChI=1S/C4H6FI/c5-3-1-2-4-6/h1,3H,2,4H2/b3-1+. The van der Waals surface area contributed by atoms with Gasteiger partial charge in [-0.15, -0.1) is 0 Å². The molecule has 0 nitrogen and oxygen atoms in total. The van der Waals surface area contributed by atoms with E-state index in [2.05, 4.69) is 22.6 Å². The van der Waals surface area contributed by atoms with Gasteiger partial charge in [0.15, 0.2) is 0 Å². The highest BCUT2D eigenvalue weighted by Crippen LogP contribution is 1.88. The molecule has 0 N–H and O–H groups in total. The highest BCUT2D eigenvalue weighted by atomic mass is 127. The van der Waals surface area contributed by atoms with Crippen LogP contribution in [0, 0.1) is 0 Å². The molecule has 6 heavy (non-hydrogen) atoms. The Morgan fingerprint density at radius 2 is 2.33 bits per heavy atom. The number of rotatable bonds is 2. The summed E-state index contributed by atoms with van der Waals surface area (Å²) >= 11 is 2.19. The smallest absolute Gasteiger partial charge is 0.0827 e. The Kier molecular flexibility index (Phi) is 5.76. The summed E-state index contributed by atoms with van der Waals surface area (Å²) in [5, 5.41) is 0. The number of hydrogen-bond acceptors (Lipinski definition) is 0. The van der Waals surface area contributed by atoms with Crippen molar-refractivity contribution in [1.29, 1.82) is 0 Å². The fraction of sp³-hybridized carbons (Fsp3) is 0.500. The minimum Gasteiger partial charge on any atom is -0.216 e. The van der Waals surface area contributed by atoms with Gasteiger partial charge in [0.2, 0.25) is 0 Å². The lowest BCUT2D eigenvalue weighted by molar-refractivity contribution is 0.716.